The molecule has 0 aliphatic heterocycles. The minimum atomic E-state index is -0.229. The maximum absolute atomic E-state index is 13.9. The van der Waals surface area contributed by atoms with Crippen molar-refractivity contribution in [2.45, 2.75) is 26.7 Å². The summed E-state index contributed by atoms with van der Waals surface area (Å²) in [6, 6.07) is 14.1. The van der Waals surface area contributed by atoms with Crippen LogP contribution in [0.1, 0.15) is 24.5 Å². The van der Waals surface area contributed by atoms with E-state index in [1.165, 1.54) is 12.1 Å². The van der Waals surface area contributed by atoms with Crippen LogP contribution in [0.25, 0.3) is 32.3 Å². The fourth-order valence-corrected chi connectivity index (χ4v) is 3.76. The van der Waals surface area contributed by atoms with Gasteiger partial charge in [0.05, 0.1) is 0 Å². The van der Waals surface area contributed by atoms with Gasteiger partial charge in [-0.1, -0.05) is 37.6 Å². The van der Waals surface area contributed by atoms with Crippen molar-refractivity contribution in [1.29, 1.82) is 0 Å². The molecule has 0 bridgehead atoms. The smallest absolute Gasteiger partial charge is 0.123 e. The summed E-state index contributed by atoms with van der Waals surface area (Å²) < 4.78 is 27.6. The lowest BCUT2D eigenvalue weighted by molar-refractivity contribution is 0.629. The average molecular weight is 320 g/mol. The van der Waals surface area contributed by atoms with Gasteiger partial charge in [0.15, 0.2) is 0 Å². The SMILES string of the molecule is CCCc1cc2cc(F)ccc2c2cc(C)c3ccc(F)cc3c12. The third kappa shape index (κ3) is 2.25. The number of hydrogen-bond acceptors (Lipinski definition) is 0. The molecule has 0 heterocycles. The summed E-state index contributed by atoms with van der Waals surface area (Å²) in [5.41, 5.74) is 2.26. The van der Waals surface area contributed by atoms with Crippen LogP contribution in [-0.2, 0) is 6.42 Å². The Balaban J connectivity index is 2.29. The van der Waals surface area contributed by atoms with Gasteiger partial charge in [-0.05, 0) is 81.1 Å². The summed E-state index contributed by atoms with van der Waals surface area (Å²) >= 11 is 0. The normalized spacial score (nSPS) is 11.7. The first-order chi connectivity index (χ1) is 11.6. The minimum Gasteiger partial charge on any atom is -0.207 e. The van der Waals surface area contributed by atoms with Crippen molar-refractivity contribution in [1.82, 2.24) is 0 Å². The Morgan fingerprint density at radius 3 is 2.17 bits per heavy atom. The summed E-state index contributed by atoms with van der Waals surface area (Å²) in [5.74, 6) is -0.455. The highest BCUT2D eigenvalue weighted by Gasteiger charge is 2.13. The second-order valence-corrected chi connectivity index (χ2v) is 6.46. The first-order valence-corrected chi connectivity index (χ1v) is 8.32. The largest absolute Gasteiger partial charge is 0.207 e. The molecule has 0 N–H and O–H groups in total. The van der Waals surface area contributed by atoms with Crippen LogP contribution < -0.4 is 0 Å². The number of rotatable bonds is 2. The van der Waals surface area contributed by atoms with Gasteiger partial charge < -0.3 is 0 Å². The predicted octanol–water partition coefficient (Wildman–Crippen LogP) is 6.69. The molecule has 0 amide bonds. The molecule has 2 heteroatoms. The number of halogens is 2. The van der Waals surface area contributed by atoms with Gasteiger partial charge in [0.25, 0.3) is 0 Å². The van der Waals surface area contributed by atoms with Gasteiger partial charge in [-0.15, -0.1) is 0 Å². The Morgan fingerprint density at radius 2 is 1.42 bits per heavy atom. The van der Waals surface area contributed by atoms with E-state index in [1.807, 2.05) is 19.1 Å². The van der Waals surface area contributed by atoms with Crippen molar-refractivity contribution >= 4 is 32.3 Å². The lowest BCUT2D eigenvalue weighted by atomic mass is 9.89. The molecule has 0 spiro atoms. The molecule has 0 fully saturated rings. The predicted molar refractivity (Wildman–Crippen MR) is 97.6 cm³/mol. The molecule has 4 aromatic rings. The molecule has 0 saturated carbocycles. The minimum absolute atomic E-state index is 0.226. The molecule has 120 valence electrons. The van der Waals surface area contributed by atoms with Crippen LogP contribution in [0.2, 0.25) is 0 Å². The van der Waals surface area contributed by atoms with Crippen molar-refractivity contribution < 1.29 is 8.78 Å². The topological polar surface area (TPSA) is 0 Å². The van der Waals surface area contributed by atoms with E-state index < -0.39 is 0 Å². The van der Waals surface area contributed by atoms with E-state index in [-0.39, 0.29) is 11.6 Å². The molecule has 0 atom stereocenters. The maximum Gasteiger partial charge on any atom is 0.123 e. The molecule has 0 radical (unpaired) electrons. The number of fused-ring (bicyclic) bond motifs is 5. The van der Waals surface area contributed by atoms with Gasteiger partial charge in [-0.2, -0.15) is 0 Å². The fraction of sp³-hybridized carbons (Fsp3) is 0.182. The Bertz CT molecular complexity index is 1090. The second-order valence-electron chi connectivity index (χ2n) is 6.46. The van der Waals surface area contributed by atoms with Crippen molar-refractivity contribution in [3.05, 3.63) is 71.3 Å². The van der Waals surface area contributed by atoms with Gasteiger partial charge in [0, 0.05) is 0 Å². The first-order valence-electron chi connectivity index (χ1n) is 8.32. The van der Waals surface area contributed by atoms with Gasteiger partial charge in [0.1, 0.15) is 11.6 Å². The molecule has 0 saturated heterocycles. The van der Waals surface area contributed by atoms with E-state index in [4.69, 9.17) is 0 Å². The number of hydrogen-bond donors (Lipinski definition) is 0. The molecule has 0 aliphatic carbocycles. The molecular formula is C22H18F2. The Hall–Kier alpha value is -2.48. The first kappa shape index (κ1) is 15.1. The molecular weight excluding hydrogens is 302 g/mol. The molecule has 24 heavy (non-hydrogen) atoms. The highest BCUT2D eigenvalue weighted by Crippen LogP contribution is 2.37. The highest BCUT2D eigenvalue weighted by molar-refractivity contribution is 6.19. The molecule has 0 aliphatic rings. The van der Waals surface area contributed by atoms with Gasteiger partial charge in [-0.25, -0.2) is 8.78 Å². The zero-order valence-corrected chi connectivity index (χ0v) is 13.8. The number of aryl methyl sites for hydroxylation is 2. The fourth-order valence-electron chi connectivity index (χ4n) is 3.76. The quantitative estimate of drug-likeness (QED) is 0.361. The van der Waals surface area contributed by atoms with Crippen molar-refractivity contribution in [2.24, 2.45) is 0 Å². The second kappa shape index (κ2) is 5.55. The zero-order valence-electron chi connectivity index (χ0n) is 13.8. The average Bonchev–Trinajstić information content (AvgIpc) is 2.54. The van der Waals surface area contributed by atoms with Crippen LogP contribution in [0.5, 0.6) is 0 Å². The highest BCUT2D eigenvalue weighted by atomic mass is 19.1. The standard InChI is InChI=1S/C22H18F2/c1-3-4-14-10-15-11-16(23)6-8-19(15)20-9-13(2)18-7-5-17(24)12-21(18)22(14)20/h5-12H,3-4H2,1-2H3. The summed E-state index contributed by atoms with van der Waals surface area (Å²) in [6.45, 7) is 4.17. The van der Waals surface area contributed by atoms with Crippen molar-refractivity contribution in [3.8, 4) is 0 Å². The third-order valence-electron chi connectivity index (χ3n) is 4.78. The zero-order chi connectivity index (χ0) is 16.8. The van der Waals surface area contributed by atoms with Crippen LogP contribution in [0.3, 0.4) is 0 Å². The Kier molecular flexibility index (Phi) is 3.49. The van der Waals surface area contributed by atoms with Crippen LogP contribution in [-0.4, -0.2) is 0 Å². The van der Waals surface area contributed by atoms with Gasteiger partial charge in [-0.3, -0.25) is 0 Å². The third-order valence-corrected chi connectivity index (χ3v) is 4.78. The summed E-state index contributed by atoms with van der Waals surface area (Å²) in [4.78, 5) is 0. The summed E-state index contributed by atoms with van der Waals surface area (Å²) in [5, 5.41) is 6.10. The van der Waals surface area contributed by atoms with Crippen LogP contribution in [0.4, 0.5) is 8.78 Å². The number of benzene rings is 4. The Labute approximate surface area is 139 Å². The molecule has 4 aromatic carbocycles. The van der Waals surface area contributed by atoms with Crippen LogP contribution >= 0.6 is 0 Å². The maximum atomic E-state index is 13.9. The molecule has 0 nitrogen and oxygen atoms in total. The van der Waals surface area contributed by atoms with E-state index in [9.17, 15) is 8.78 Å². The summed E-state index contributed by atoms with van der Waals surface area (Å²) in [6.07, 6.45) is 1.87. The monoisotopic (exact) mass is 320 g/mol. The van der Waals surface area contributed by atoms with E-state index in [0.717, 1.165) is 56.3 Å². The van der Waals surface area contributed by atoms with Crippen molar-refractivity contribution in [2.75, 3.05) is 0 Å². The summed E-state index contributed by atoms with van der Waals surface area (Å²) in [7, 11) is 0. The van der Waals surface area contributed by atoms with E-state index in [2.05, 4.69) is 19.1 Å². The van der Waals surface area contributed by atoms with Gasteiger partial charge >= 0.3 is 0 Å². The van der Waals surface area contributed by atoms with Crippen LogP contribution in [0, 0.1) is 18.6 Å². The van der Waals surface area contributed by atoms with E-state index in [0.29, 0.717) is 0 Å². The van der Waals surface area contributed by atoms with Gasteiger partial charge in [0.2, 0.25) is 0 Å². The van der Waals surface area contributed by atoms with Crippen molar-refractivity contribution in [3.63, 3.8) is 0 Å². The molecule has 4 rings (SSSR count). The lowest BCUT2D eigenvalue weighted by Gasteiger charge is -2.15. The lowest BCUT2D eigenvalue weighted by Crippen LogP contribution is -1.93. The van der Waals surface area contributed by atoms with E-state index in [1.54, 1.807) is 12.1 Å². The Morgan fingerprint density at radius 1 is 0.750 bits per heavy atom. The van der Waals surface area contributed by atoms with E-state index >= 15 is 0 Å². The molecule has 0 aromatic heterocycles. The molecule has 0 unspecified atom stereocenters. The van der Waals surface area contributed by atoms with Crippen LogP contribution in [0.15, 0.2) is 48.5 Å².